The average molecular weight is 369 g/mol. The van der Waals surface area contributed by atoms with E-state index in [0.29, 0.717) is 25.7 Å². The summed E-state index contributed by atoms with van der Waals surface area (Å²) in [6.07, 6.45) is 6.84. The normalized spacial score (nSPS) is 16.4. The van der Waals surface area contributed by atoms with E-state index in [9.17, 15) is 14.4 Å². The molecule has 1 fully saturated rings. The molecule has 26 heavy (non-hydrogen) atoms. The summed E-state index contributed by atoms with van der Waals surface area (Å²) in [6, 6.07) is 0. The summed E-state index contributed by atoms with van der Waals surface area (Å²) in [6.45, 7) is 5.41. The molecule has 0 aliphatic heterocycles. The number of amides is 2. The first-order valence-corrected chi connectivity index (χ1v) is 9.18. The molecule has 1 aliphatic carbocycles. The molecule has 0 aromatic carbocycles. The molecule has 8 heteroatoms. The minimum atomic E-state index is -0.821. The molecule has 8 nitrogen and oxygen atoms in total. The van der Waals surface area contributed by atoms with Crippen LogP contribution < -0.4 is 10.7 Å². The summed E-state index contributed by atoms with van der Waals surface area (Å²) >= 11 is 0. The van der Waals surface area contributed by atoms with E-state index in [0.717, 1.165) is 25.7 Å². The first-order valence-electron chi connectivity index (χ1n) is 9.18. The number of aliphatic carboxylic acids is 1. The van der Waals surface area contributed by atoms with Gasteiger partial charge in [-0.2, -0.15) is 5.10 Å². The lowest BCUT2D eigenvalue weighted by molar-refractivity contribution is -0.137. The molecule has 2 amide bonds. The topological polar surface area (TPSA) is 117 Å². The van der Waals surface area contributed by atoms with E-state index in [2.05, 4.69) is 15.8 Å². The Morgan fingerprint density at radius 2 is 1.73 bits per heavy atom. The smallest absolute Gasteiger partial charge is 0.408 e. The van der Waals surface area contributed by atoms with Gasteiger partial charge in [0.05, 0.1) is 11.8 Å². The Hall–Kier alpha value is -2.12. The number of hydrogen-bond acceptors (Lipinski definition) is 5. The quantitative estimate of drug-likeness (QED) is 0.328. The Balaban J connectivity index is 2.40. The molecule has 1 saturated carbocycles. The first-order chi connectivity index (χ1) is 12.1. The maximum atomic E-state index is 12.0. The molecule has 0 saturated heterocycles. The van der Waals surface area contributed by atoms with Gasteiger partial charge in [-0.1, -0.05) is 19.3 Å². The zero-order valence-electron chi connectivity index (χ0n) is 16.0. The van der Waals surface area contributed by atoms with Gasteiger partial charge in [0, 0.05) is 12.8 Å². The van der Waals surface area contributed by atoms with Gasteiger partial charge in [0.25, 0.3) is 0 Å². The second kappa shape index (κ2) is 10.1. The van der Waals surface area contributed by atoms with Crippen molar-refractivity contribution in [3.8, 4) is 0 Å². The molecule has 148 valence electrons. The van der Waals surface area contributed by atoms with Crippen LogP contribution in [0, 0.1) is 0 Å². The SMILES string of the molecule is CC(C)(C)OC(=O)NC1(/C=N/NC(=O)CCCCCC(=O)O)CCCC1. The van der Waals surface area contributed by atoms with Gasteiger partial charge in [-0.3, -0.25) is 9.59 Å². The standard InChI is InChI=1S/C18H31N3O5/c1-17(2,3)26-16(25)20-18(11-7-8-12-18)13-19-21-14(22)9-5-4-6-10-15(23)24/h13H,4-12H2,1-3H3,(H,20,25)(H,21,22)(H,23,24)/b19-13+. The van der Waals surface area contributed by atoms with Crippen LogP contribution >= 0.6 is 0 Å². The van der Waals surface area contributed by atoms with Gasteiger partial charge in [-0.15, -0.1) is 0 Å². The van der Waals surface area contributed by atoms with Gasteiger partial charge in [0.2, 0.25) is 5.91 Å². The summed E-state index contributed by atoms with van der Waals surface area (Å²) in [4.78, 5) is 34.2. The van der Waals surface area contributed by atoms with Gasteiger partial charge in [-0.05, 0) is 46.5 Å². The fourth-order valence-electron chi connectivity index (χ4n) is 2.82. The largest absolute Gasteiger partial charge is 0.481 e. The summed E-state index contributed by atoms with van der Waals surface area (Å²) in [7, 11) is 0. The number of hydrogen-bond donors (Lipinski definition) is 3. The third-order valence-electron chi connectivity index (χ3n) is 4.04. The first kappa shape index (κ1) is 21.9. The lowest BCUT2D eigenvalue weighted by Gasteiger charge is -2.28. The van der Waals surface area contributed by atoms with Crippen LogP contribution in [0.3, 0.4) is 0 Å². The second-order valence-corrected chi connectivity index (χ2v) is 7.74. The van der Waals surface area contributed by atoms with Gasteiger partial charge in [0.1, 0.15) is 5.60 Å². The third kappa shape index (κ3) is 9.39. The van der Waals surface area contributed by atoms with E-state index in [1.165, 1.54) is 0 Å². The fourth-order valence-corrected chi connectivity index (χ4v) is 2.82. The highest BCUT2D eigenvalue weighted by Crippen LogP contribution is 2.28. The van der Waals surface area contributed by atoms with Crippen molar-refractivity contribution in [2.75, 3.05) is 0 Å². The number of nitrogens with zero attached hydrogens (tertiary/aromatic N) is 1. The van der Waals surface area contributed by atoms with Crippen molar-refractivity contribution < 1.29 is 24.2 Å². The van der Waals surface area contributed by atoms with Crippen molar-refractivity contribution in [2.24, 2.45) is 5.10 Å². The lowest BCUT2D eigenvalue weighted by Crippen LogP contribution is -2.49. The van der Waals surface area contributed by atoms with Gasteiger partial charge >= 0.3 is 12.1 Å². The predicted molar refractivity (Wildman–Crippen MR) is 97.9 cm³/mol. The number of carboxylic acids is 1. The number of carbonyl (C=O) groups is 3. The maximum absolute atomic E-state index is 12.0. The highest BCUT2D eigenvalue weighted by Gasteiger charge is 2.35. The van der Waals surface area contributed by atoms with E-state index < -0.39 is 23.2 Å². The Morgan fingerprint density at radius 1 is 1.12 bits per heavy atom. The number of nitrogens with one attached hydrogen (secondary N) is 2. The van der Waals surface area contributed by atoms with Crippen LogP contribution in [0.15, 0.2) is 5.10 Å². The van der Waals surface area contributed by atoms with E-state index in [1.54, 1.807) is 27.0 Å². The molecule has 0 heterocycles. The molecule has 0 aromatic rings. The van der Waals surface area contributed by atoms with Gasteiger partial charge in [0.15, 0.2) is 0 Å². The summed E-state index contributed by atoms with van der Waals surface area (Å²) in [5.74, 6) is -1.04. The molecule has 0 atom stereocenters. The molecule has 0 spiro atoms. The van der Waals surface area contributed by atoms with Crippen molar-refractivity contribution in [3.05, 3.63) is 0 Å². The molecule has 0 aromatic heterocycles. The van der Waals surface area contributed by atoms with Crippen molar-refractivity contribution in [3.63, 3.8) is 0 Å². The zero-order chi connectivity index (χ0) is 19.6. The zero-order valence-corrected chi connectivity index (χ0v) is 16.0. The number of rotatable bonds is 9. The van der Waals surface area contributed by atoms with Crippen LogP contribution in [0.1, 0.15) is 78.6 Å². The summed E-state index contributed by atoms with van der Waals surface area (Å²) in [5, 5.41) is 15.4. The summed E-state index contributed by atoms with van der Waals surface area (Å²) < 4.78 is 5.30. The van der Waals surface area contributed by atoms with Crippen molar-refractivity contribution in [2.45, 2.75) is 89.7 Å². The molecular formula is C18H31N3O5. The Bertz CT molecular complexity index is 519. The molecule has 0 radical (unpaired) electrons. The highest BCUT2D eigenvalue weighted by molar-refractivity contribution is 5.81. The van der Waals surface area contributed by atoms with E-state index >= 15 is 0 Å². The molecule has 0 unspecified atom stereocenters. The average Bonchev–Trinajstić information content (AvgIpc) is 2.92. The van der Waals surface area contributed by atoms with E-state index in [1.807, 2.05) is 0 Å². The number of unbranched alkanes of at least 4 members (excludes halogenated alkanes) is 2. The van der Waals surface area contributed by atoms with E-state index in [-0.39, 0.29) is 12.3 Å². The number of ether oxygens (including phenoxy) is 1. The summed E-state index contributed by atoms with van der Waals surface area (Å²) in [5.41, 5.74) is 1.32. The van der Waals surface area contributed by atoms with Crippen LogP contribution in [0.25, 0.3) is 0 Å². The minimum Gasteiger partial charge on any atom is -0.481 e. The number of alkyl carbamates (subject to hydrolysis) is 1. The molecule has 3 N–H and O–H groups in total. The number of carboxylic acid groups (broad SMARTS) is 1. The number of hydrazone groups is 1. The monoisotopic (exact) mass is 369 g/mol. The van der Waals surface area contributed by atoms with Crippen molar-refractivity contribution in [1.29, 1.82) is 0 Å². The van der Waals surface area contributed by atoms with Crippen molar-refractivity contribution in [1.82, 2.24) is 10.7 Å². The molecule has 1 aliphatic rings. The van der Waals surface area contributed by atoms with Crippen LogP contribution in [-0.4, -0.2) is 40.4 Å². The Kier molecular flexibility index (Phi) is 8.54. The van der Waals surface area contributed by atoms with Crippen LogP contribution in [-0.2, 0) is 14.3 Å². The van der Waals surface area contributed by atoms with E-state index in [4.69, 9.17) is 9.84 Å². The van der Waals surface area contributed by atoms with Crippen LogP contribution in [0.5, 0.6) is 0 Å². The van der Waals surface area contributed by atoms with Gasteiger partial charge < -0.3 is 15.2 Å². The highest BCUT2D eigenvalue weighted by atomic mass is 16.6. The van der Waals surface area contributed by atoms with Crippen molar-refractivity contribution >= 4 is 24.2 Å². The van der Waals surface area contributed by atoms with Crippen LogP contribution in [0.4, 0.5) is 4.79 Å². The second-order valence-electron chi connectivity index (χ2n) is 7.74. The Labute approximate surface area is 154 Å². The lowest BCUT2D eigenvalue weighted by atomic mass is 10.00. The molecular weight excluding hydrogens is 338 g/mol. The number of carbonyl (C=O) groups excluding carboxylic acids is 2. The maximum Gasteiger partial charge on any atom is 0.408 e. The van der Waals surface area contributed by atoms with Crippen LogP contribution in [0.2, 0.25) is 0 Å². The fraction of sp³-hybridized carbons (Fsp3) is 0.778. The molecule has 1 rings (SSSR count). The van der Waals surface area contributed by atoms with Gasteiger partial charge in [-0.25, -0.2) is 10.2 Å². The minimum absolute atomic E-state index is 0.124. The predicted octanol–water partition coefficient (Wildman–Crippen LogP) is 2.96. The third-order valence-corrected chi connectivity index (χ3v) is 4.04. The Morgan fingerprint density at radius 3 is 2.31 bits per heavy atom. The molecule has 0 bridgehead atoms.